The van der Waals surface area contributed by atoms with Crippen LogP contribution in [0.15, 0.2) is 24.3 Å². The van der Waals surface area contributed by atoms with Gasteiger partial charge in [0.05, 0.1) is 5.56 Å². The third-order valence-electron chi connectivity index (χ3n) is 4.30. The Labute approximate surface area is 148 Å². The standard InChI is InChI=1S/C17H19F3N2O4/c1-21-7-6-12(8-14(21)23)16(26)22(10-15(24)25)9-11-2-4-13(5-3-11)17(18,19)20/h2-5,12H,6-10H2,1H3,(H,24,25)/t12-/m0/s1. The first-order valence-corrected chi connectivity index (χ1v) is 7.98. The number of hydrogen-bond donors (Lipinski definition) is 1. The number of benzene rings is 1. The molecule has 1 fully saturated rings. The number of likely N-dealkylation sites (tertiary alicyclic amines) is 1. The summed E-state index contributed by atoms with van der Waals surface area (Å²) in [4.78, 5) is 38.0. The number of aliphatic carboxylic acids is 1. The first kappa shape index (κ1) is 19.7. The third kappa shape index (κ3) is 4.96. The van der Waals surface area contributed by atoms with E-state index in [-0.39, 0.29) is 18.9 Å². The van der Waals surface area contributed by atoms with Gasteiger partial charge in [0.1, 0.15) is 6.54 Å². The molecule has 1 atom stereocenters. The second-order valence-corrected chi connectivity index (χ2v) is 6.29. The van der Waals surface area contributed by atoms with E-state index in [1.165, 1.54) is 17.0 Å². The SMILES string of the molecule is CN1CC[C@H](C(=O)N(CC(=O)O)Cc2ccc(C(F)(F)F)cc2)CC1=O. The van der Waals surface area contributed by atoms with Crippen molar-refractivity contribution in [3.05, 3.63) is 35.4 Å². The number of nitrogens with zero attached hydrogens (tertiary/aromatic N) is 2. The average molecular weight is 372 g/mol. The van der Waals surface area contributed by atoms with Crippen LogP contribution < -0.4 is 0 Å². The molecule has 1 aliphatic heterocycles. The van der Waals surface area contributed by atoms with E-state index in [0.29, 0.717) is 18.5 Å². The van der Waals surface area contributed by atoms with E-state index in [0.717, 1.165) is 17.0 Å². The summed E-state index contributed by atoms with van der Waals surface area (Å²) in [6, 6.07) is 4.20. The lowest BCUT2D eigenvalue weighted by Gasteiger charge is -2.31. The van der Waals surface area contributed by atoms with Gasteiger partial charge in [0.2, 0.25) is 11.8 Å². The predicted molar refractivity (Wildman–Crippen MR) is 84.9 cm³/mol. The topological polar surface area (TPSA) is 77.9 Å². The van der Waals surface area contributed by atoms with Crippen molar-refractivity contribution in [2.75, 3.05) is 20.1 Å². The van der Waals surface area contributed by atoms with Crippen LogP contribution in [0.5, 0.6) is 0 Å². The molecule has 2 rings (SSSR count). The van der Waals surface area contributed by atoms with Crippen molar-refractivity contribution in [3.63, 3.8) is 0 Å². The third-order valence-corrected chi connectivity index (χ3v) is 4.30. The Morgan fingerprint density at radius 3 is 2.38 bits per heavy atom. The Balaban J connectivity index is 2.13. The predicted octanol–water partition coefficient (Wildman–Crippen LogP) is 1.99. The van der Waals surface area contributed by atoms with Crippen LogP contribution in [-0.4, -0.2) is 52.8 Å². The van der Waals surface area contributed by atoms with Crippen LogP contribution in [0, 0.1) is 5.92 Å². The number of hydrogen-bond acceptors (Lipinski definition) is 3. The molecule has 0 spiro atoms. The molecule has 1 N–H and O–H groups in total. The van der Waals surface area contributed by atoms with Gasteiger partial charge < -0.3 is 14.9 Å². The molecule has 6 nitrogen and oxygen atoms in total. The van der Waals surface area contributed by atoms with Crippen LogP contribution >= 0.6 is 0 Å². The van der Waals surface area contributed by atoms with Gasteiger partial charge in [-0.05, 0) is 24.1 Å². The van der Waals surface area contributed by atoms with Gasteiger partial charge in [-0.3, -0.25) is 14.4 Å². The largest absolute Gasteiger partial charge is 0.480 e. The maximum absolute atomic E-state index is 12.6. The molecule has 1 aliphatic rings. The van der Waals surface area contributed by atoms with Gasteiger partial charge in [-0.1, -0.05) is 12.1 Å². The first-order valence-electron chi connectivity index (χ1n) is 7.98. The molecule has 0 saturated carbocycles. The zero-order chi connectivity index (χ0) is 19.5. The number of rotatable bonds is 5. The lowest BCUT2D eigenvalue weighted by Crippen LogP contribution is -2.45. The van der Waals surface area contributed by atoms with Crippen LogP contribution in [-0.2, 0) is 27.1 Å². The summed E-state index contributed by atoms with van der Waals surface area (Å²) in [7, 11) is 1.63. The highest BCUT2D eigenvalue weighted by Crippen LogP contribution is 2.29. The summed E-state index contributed by atoms with van der Waals surface area (Å²) >= 11 is 0. The number of amides is 2. The molecule has 0 radical (unpaired) electrons. The molecular weight excluding hydrogens is 353 g/mol. The van der Waals surface area contributed by atoms with E-state index < -0.39 is 36.1 Å². The molecule has 0 unspecified atom stereocenters. The van der Waals surface area contributed by atoms with Gasteiger partial charge >= 0.3 is 12.1 Å². The van der Waals surface area contributed by atoms with Crippen LogP contribution in [0.3, 0.4) is 0 Å². The van der Waals surface area contributed by atoms with E-state index in [1.54, 1.807) is 7.05 Å². The fraction of sp³-hybridized carbons (Fsp3) is 0.471. The second-order valence-electron chi connectivity index (χ2n) is 6.29. The molecule has 142 valence electrons. The molecule has 1 aromatic carbocycles. The van der Waals surface area contributed by atoms with Gasteiger partial charge in [0.25, 0.3) is 0 Å². The maximum Gasteiger partial charge on any atom is 0.416 e. The maximum atomic E-state index is 12.6. The Bertz CT molecular complexity index is 688. The van der Waals surface area contributed by atoms with Crippen LogP contribution in [0.2, 0.25) is 0 Å². The Hall–Kier alpha value is -2.58. The molecule has 2 amide bonds. The summed E-state index contributed by atoms with van der Waals surface area (Å²) in [5, 5.41) is 9.04. The summed E-state index contributed by atoms with van der Waals surface area (Å²) in [6.45, 7) is -0.319. The molecule has 9 heteroatoms. The van der Waals surface area contributed by atoms with Gasteiger partial charge in [0.15, 0.2) is 0 Å². The molecule has 1 saturated heterocycles. The van der Waals surface area contributed by atoms with Gasteiger partial charge in [-0.2, -0.15) is 13.2 Å². The van der Waals surface area contributed by atoms with Crippen LogP contribution in [0.25, 0.3) is 0 Å². The minimum atomic E-state index is -4.47. The van der Waals surface area contributed by atoms with Crippen molar-refractivity contribution in [3.8, 4) is 0 Å². The second kappa shape index (κ2) is 7.76. The zero-order valence-corrected chi connectivity index (χ0v) is 14.1. The van der Waals surface area contributed by atoms with Crippen LogP contribution in [0.1, 0.15) is 24.0 Å². The van der Waals surface area contributed by atoms with Crippen molar-refractivity contribution < 1.29 is 32.7 Å². The number of carbonyl (C=O) groups excluding carboxylic acids is 2. The lowest BCUT2D eigenvalue weighted by molar-refractivity contribution is -0.149. The summed E-state index contributed by atoms with van der Waals surface area (Å²) < 4.78 is 37.8. The monoisotopic (exact) mass is 372 g/mol. The number of alkyl halides is 3. The van der Waals surface area contributed by atoms with Gasteiger partial charge in [-0.25, -0.2) is 0 Å². The smallest absolute Gasteiger partial charge is 0.416 e. The first-order chi connectivity index (χ1) is 12.1. The highest BCUT2D eigenvalue weighted by Gasteiger charge is 2.33. The van der Waals surface area contributed by atoms with E-state index >= 15 is 0 Å². The van der Waals surface area contributed by atoms with E-state index in [9.17, 15) is 27.6 Å². The number of piperidine rings is 1. The van der Waals surface area contributed by atoms with Gasteiger partial charge in [-0.15, -0.1) is 0 Å². The molecule has 0 bridgehead atoms. The fourth-order valence-electron chi connectivity index (χ4n) is 2.81. The van der Waals surface area contributed by atoms with Gasteiger partial charge in [0, 0.05) is 32.5 Å². The summed E-state index contributed by atoms with van der Waals surface area (Å²) in [5.41, 5.74) is -0.440. The average Bonchev–Trinajstić information content (AvgIpc) is 2.55. The van der Waals surface area contributed by atoms with Crippen molar-refractivity contribution in [2.24, 2.45) is 5.92 Å². The summed E-state index contributed by atoms with van der Waals surface area (Å²) in [6.07, 6.45) is -4.05. The van der Waals surface area contributed by atoms with Crippen molar-refractivity contribution in [1.29, 1.82) is 0 Å². The minimum absolute atomic E-state index is 0.00152. The fourth-order valence-corrected chi connectivity index (χ4v) is 2.81. The number of carbonyl (C=O) groups is 3. The molecule has 1 aromatic rings. The van der Waals surface area contributed by atoms with Crippen molar-refractivity contribution in [2.45, 2.75) is 25.6 Å². The summed E-state index contributed by atoms with van der Waals surface area (Å²) in [5.74, 6) is -2.52. The molecule has 26 heavy (non-hydrogen) atoms. The molecule has 1 heterocycles. The Morgan fingerprint density at radius 1 is 1.27 bits per heavy atom. The molecule has 0 aromatic heterocycles. The highest BCUT2D eigenvalue weighted by molar-refractivity contribution is 5.88. The van der Waals surface area contributed by atoms with E-state index in [2.05, 4.69) is 0 Å². The lowest BCUT2D eigenvalue weighted by atomic mass is 9.94. The van der Waals surface area contributed by atoms with E-state index in [1.807, 2.05) is 0 Å². The number of carboxylic acids is 1. The van der Waals surface area contributed by atoms with E-state index in [4.69, 9.17) is 5.11 Å². The van der Waals surface area contributed by atoms with Crippen molar-refractivity contribution in [1.82, 2.24) is 9.80 Å². The molecular formula is C17H19F3N2O4. The molecule has 0 aliphatic carbocycles. The minimum Gasteiger partial charge on any atom is -0.480 e. The quantitative estimate of drug-likeness (QED) is 0.858. The normalized spacial score (nSPS) is 17.9. The highest BCUT2D eigenvalue weighted by atomic mass is 19.4. The number of carboxylic acid groups (broad SMARTS) is 1. The Kier molecular flexibility index (Phi) is 5.89. The Morgan fingerprint density at radius 2 is 1.88 bits per heavy atom. The van der Waals surface area contributed by atoms with Crippen LogP contribution in [0.4, 0.5) is 13.2 Å². The zero-order valence-electron chi connectivity index (χ0n) is 14.1. The van der Waals surface area contributed by atoms with Crippen molar-refractivity contribution >= 4 is 17.8 Å². The number of halogens is 3.